The standard InChI is InChI=1S/C27H34N8O4S.C22H26N8O2S.C20H20N6O3S.C7H16N2O2.3CH4/c1-18(36)34-9-11-35(12-10-34)21-5-6-29-23(14-21)33-25-32-17-22(40-25)19-13-20(16-28-15-19)24(37)30-7-8-31-26(38)39-27(2,3)4;1-15(31)29-6-8-30(9-7-29)18-2-4-25-20(11-18)28-22-27-14-19(33-22)16-10-17(13-24-12-16)21(32)26-5-3-23;1-13(27)25-4-6-26(7-5-25)16-2-3-22-18(9-16)24-20-23-12-17(30-20)14-8-15(19(28)29)11-21-10-14;1-7(2,3)11-6(10)9-5-4-8;;;/h5-6,13-17H,7-12H2,1-4H3,(H,30,37)(H,31,38)(H,29,32,33);2,4,10-14H,3,5-9,23H2,1H3,(H,26,32)(H,25,27,28);2-3,8-12H,4-7H2,1H3,(H,28,29)(H,22,23,24);4-5,8H2,1-3H3,(H,9,10);3*1H4. The summed E-state index contributed by atoms with van der Waals surface area (Å²) in [5, 5.41) is 31.5. The number of thiazole rings is 3. The number of pyridine rings is 6. The largest absolute Gasteiger partial charge is 0.478 e. The van der Waals surface area contributed by atoms with Gasteiger partial charge in [0, 0.05) is 265 Å². The fourth-order valence-corrected chi connectivity index (χ4v) is 13.7. The molecule has 0 atom stereocenters. The van der Waals surface area contributed by atoms with E-state index in [9.17, 15) is 38.4 Å². The van der Waals surface area contributed by atoms with Crippen LogP contribution in [-0.4, -0.2) is 241 Å². The number of hydrogen-bond acceptors (Lipinski definition) is 30. The van der Waals surface area contributed by atoms with Crippen molar-refractivity contribution in [1.29, 1.82) is 0 Å². The van der Waals surface area contributed by atoms with Crippen molar-refractivity contribution < 1.29 is 52.9 Å². The number of hydrogen-bond donors (Lipinski definition) is 10. The van der Waals surface area contributed by atoms with E-state index in [0.29, 0.717) is 115 Å². The number of carboxylic acid groups (broad SMARTS) is 1. The fourth-order valence-electron chi connectivity index (χ4n) is 11.2. The molecule has 12 heterocycles. The highest BCUT2D eigenvalue weighted by atomic mass is 32.1. The molecule has 7 amide bonds. The number of anilines is 9. The normalized spacial score (nSPS) is 13.1. The van der Waals surface area contributed by atoms with Crippen molar-refractivity contribution in [3.8, 4) is 31.3 Å². The third kappa shape index (κ3) is 29.9. The van der Waals surface area contributed by atoms with Crippen LogP contribution in [0, 0.1) is 0 Å². The molecule has 0 aliphatic carbocycles. The second-order valence-corrected chi connectivity index (χ2v) is 30.9. The van der Waals surface area contributed by atoms with Gasteiger partial charge in [-0.25, -0.2) is 44.3 Å². The minimum Gasteiger partial charge on any atom is -0.478 e. The quantitative estimate of drug-likeness (QED) is 0.0282. The Bertz CT molecular complexity index is 4740. The molecule has 9 aromatic heterocycles. The molecule has 3 fully saturated rings. The number of carboxylic acids is 1. The second kappa shape index (κ2) is 45.2. The lowest BCUT2D eigenvalue weighted by atomic mass is 10.2. The average Bonchev–Trinajstić information content (AvgIpc) is 1.77. The summed E-state index contributed by atoms with van der Waals surface area (Å²) < 4.78 is 10.1. The number of ether oxygens (including phenoxy) is 2. The van der Waals surface area contributed by atoms with Gasteiger partial charge in [-0.1, -0.05) is 56.3 Å². The third-order valence-electron chi connectivity index (χ3n) is 16.9. The van der Waals surface area contributed by atoms with Crippen molar-refractivity contribution in [2.24, 2.45) is 11.5 Å². The summed E-state index contributed by atoms with van der Waals surface area (Å²) in [6.45, 7) is 26.7. The van der Waals surface area contributed by atoms with Crippen LogP contribution in [0.15, 0.2) is 129 Å². The van der Waals surface area contributed by atoms with Crippen LogP contribution in [0.3, 0.4) is 0 Å². The molecule has 12 N–H and O–H groups in total. The number of nitrogens with one attached hydrogen (secondary N) is 7. The van der Waals surface area contributed by atoms with Crippen molar-refractivity contribution >= 4 is 132 Å². The highest BCUT2D eigenvalue weighted by Crippen LogP contribution is 2.35. The number of alkyl carbamates (subject to hydrolysis) is 2. The molecule has 3 saturated heterocycles. The molecule has 9 aromatic rings. The van der Waals surface area contributed by atoms with Crippen LogP contribution >= 0.6 is 34.0 Å². The van der Waals surface area contributed by atoms with Gasteiger partial charge in [-0.3, -0.25) is 38.9 Å². The number of aromatic carboxylic acids is 1. The molecule has 3 aliphatic rings. The Morgan fingerprint density at radius 3 is 1.00 bits per heavy atom. The molecule has 628 valence electrons. The molecule has 0 radical (unpaired) electrons. The Morgan fingerprint density at radius 1 is 0.402 bits per heavy atom. The number of piperazine rings is 3. The monoisotopic (exact) mass is 1660 g/mol. The summed E-state index contributed by atoms with van der Waals surface area (Å²) >= 11 is 4.27. The van der Waals surface area contributed by atoms with Crippen LogP contribution in [0.2, 0.25) is 0 Å². The second-order valence-electron chi connectivity index (χ2n) is 27.8. The van der Waals surface area contributed by atoms with E-state index in [4.69, 9.17) is 26.0 Å². The summed E-state index contributed by atoms with van der Waals surface area (Å²) in [4.78, 5) is 147. The Balaban J connectivity index is 0.000000255. The number of carbonyl (C=O) groups excluding carboxylic acids is 7. The Labute approximate surface area is 694 Å². The molecular weight excluding hydrogens is 1560 g/mol. The number of aromatic nitrogens is 9. The van der Waals surface area contributed by atoms with Gasteiger partial charge in [-0.05, 0) is 77.9 Å². The van der Waals surface area contributed by atoms with E-state index in [0.717, 1.165) is 82.1 Å². The van der Waals surface area contributed by atoms with E-state index < -0.39 is 29.4 Å². The number of amides is 7. The molecular formula is C79H108N24O11S3. The lowest BCUT2D eigenvalue weighted by Gasteiger charge is -2.35. The van der Waals surface area contributed by atoms with Gasteiger partial charge in [0.2, 0.25) is 17.7 Å². The first-order valence-corrected chi connectivity index (χ1v) is 39.1. The maximum absolute atomic E-state index is 12.6. The van der Waals surface area contributed by atoms with Crippen molar-refractivity contribution in [3.05, 3.63) is 146 Å². The Kier molecular flexibility index (Phi) is 36.2. The summed E-state index contributed by atoms with van der Waals surface area (Å²) in [7, 11) is 0. The summed E-state index contributed by atoms with van der Waals surface area (Å²) in [6, 6.07) is 16.9. The first-order valence-electron chi connectivity index (χ1n) is 36.6. The maximum atomic E-state index is 12.6. The van der Waals surface area contributed by atoms with Gasteiger partial charge < -0.3 is 92.7 Å². The summed E-state index contributed by atoms with van der Waals surface area (Å²) in [5.41, 5.74) is 16.0. The van der Waals surface area contributed by atoms with Gasteiger partial charge in [-0.15, -0.1) is 0 Å². The molecule has 0 bridgehead atoms. The topological polar surface area (TPSA) is 447 Å². The van der Waals surface area contributed by atoms with E-state index in [1.807, 2.05) is 71.9 Å². The molecule has 0 aromatic carbocycles. The minimum absolute atomic E-state index is 0. The van der Waals surface area contributed by atoms with Crippen molar-refractivity contribution in [1.82, 2.24) is 80.8 Å². The van der Waals surface area contributed by atoms with E-state index in [1.54, 1.807) is 116 Å². The van der Waals surface area contributed by atoms with Crippen molar-refractivity contribution in [2.45, 2.75) is 95.8 Å². The van der Waals surface area contributed by atoms with Crippen LogP contribution in [0.25, 0.3) is 31.3 Å². The van der Waals surface area contributed by atoms with Crippen LogP contribution in [0.4, 0.5) is 59.5 Å². The van der Waals surface area contributed by atoms with Gasteiger partial charge in [0.05, 0.1) is 31.3 Å². The number of nitrogens with zero attached hydrogens (tertiary/aromatic N) is 15. The zero-order valence-electron chi connectivity index (χ0n) is 65.0. The van der Waals surface area contributed by atoms with Crippen LogP contribution in [0.5, 0.6) is 0 Å². The van der Waals surface area contributed by atoms with Gasteiger partial charge in [0.25, 0.3) is 11.8 Å². The molecule has 0 spiro atoms. The highest BCUT2D eigenvalue weighted by molar-refractivity contribution is 7.19. The van der Waals surface area contributed by atoms with E-state index >= 15 is 0 Å². The smallest absolute Gasteiger partial charge is 0.407 e. The van der Waals surface area contributed by atoms with E-state index in [-0.39, 0.29) is 70.5 Å². The zero-order chi connectivity index (χ0) is 81.9. The Morgan fingerprint density at radius 2 is 0.692 bits per heavy atom. The lowest BCUT2D eigenvalue weighted by Crippen LogP contribution is -2.48. The molecule has 35 nitrogen and oxygen atoms in total. The molecule has 0 unspecified atom stereocenters. The maximum Gasteiger partial charge on any atom is 0.407 e. The zero-order valence-corrected chi connectivity index (χ0v) is 67.4. The molecule has 117 heavy (non-hydrogen) atoms. The van der Waals surface area contributed by atoms with E-state index in [1.165, 1.54) is 52.6 Å². The SMILES string of the molecule is C.C.C.CC(=O)N1CCN(c2ccnc(Nc3ncc(-c4cncc(C(=O)NCCN)c4)s3)c2)CC1.CC(=O)N1CCN(c2ccnc(Nc3ncc(-c4cncc(C(=O)NCCNC(=O)OC(C)(C)C)c4)s3)c2)CC1.CC(=O)N1CCN(c2ccnc(Nc3ncc(-c4cncc(C(=O)O)c4)s3)c2)CC1.CC(C)(C)OC(=O)NCCN. The number of nitrogens with two attached hydrogens (primary N) is 2. The highest BCUT2D eigenvalue weighted by Gasteiger charge is 2.25. The molecule has 38 heteroatoms. The van der Waals surface area contributed by atoms with Gasteiger partial charge >= 0.3 is 18.2 Å². The van der Waals surface area contributed by atoms with Crippen LogP contribution < -0.4 is 63.4 Å². The third-order valence-corrected chi connectivity index (χ3v) is 19.8. The van der Waals surface area contributed by atoms with Gasteiger partial charge in [0.1, 0.15) is 28.7 Å². The number of carbonyl (C=O) groups is 8. The Hall–Kier alpha value is -12.1. The minimum atomic E-state index is -1.02. The van der Waals surface area contributed by atoms with Crippen molar-refractivity contribution in [2.75, 3.05) is 148 Å². The predicted octanol–water partition coefficient (Wildman–Crippen LogP) is 10.1. The van der Waals surface area contributed by atoms with Gasteiger partial charge in [-0.2, -0.15) is 0 Å². The van der Waals surface area contributed by atoms with E-state index in [2.05, 4.69) is 96.8 Å². The first kappa shape index (κ1) is 93.7. The lowest BCUT2D eigenvalue weighted by molar-refractivity contribution is -0.129. The summed E-state index contributed by atoms with van der Waals surface area (Å²) in [6.07, 6.45) is 18.8. The first-order chi connectivity index (χ1) is 54.5. The predicted molar refractivity (Wildman–Crippen MR) is 460 cm³/mol. The van der Waals surface area contributed by atoms with Crippen LogP contribution in [-0.2, 0) is 23.9 Å². The molecule has 0 saturated carbocycles. The molecule has 3 aliphatic heterocycles. The van der Waals surface area contributed by atoms with Gasteiger partial charge in [0.15, 0.2) is 15.4 Å². The average molecular weight is 1670 g/mol. The van der Waals surface area contributed by atoms with Crippen molar-refractivity contribution in [3.63, 3.8) is 0 Å². The fraction of sp³-hybridized carbons (Fsp3) is 0.405. The summed E-state index contributed by atoms with van der Waals surface area (Å²) in [5.74, 6) is 0.825. The number of rotatable bonds is 22. The molecule has 12 rings (SSSR count). The van der Waals surface area contributed by atoms with Crippen LogP contribution in [0.1, 0.15) is 116 Å².